The summed E-state index contributed by atoms with van der Waals surface area (Å²) in [5.41, 5.74) is 1.16. The van der Waals surface area contributed by atoms with Gasteiger partial charge in [0, 0.05) is 13.1 Å². The second kappa shape index (κ2) is 12.2. The van der Waals surface area contributed by atoms with E-state index in [0.717, 1.165) is 22.5 Å². The smallest absolute Gasteiger partial charge is 0.244 e. The number of benzene rings is 2. The van der Waals surface area contributed by atoms with Crippen LogP contribution in [0.15, 0.2) is 54.6 Å². The van der Waals surface area contributed by atoms with E-state index in [4.69, 9.17) is 4.74 Å². The third kappa shape index (κ3) is 7.49. The summed E-state index contributed by atoms with van der Waals surface area (Å²) in [6, 6.07) is 14.9. The Kier molecular flexibility index (Phi) is 9.72. The number of rotatable bonds is 12. The van der Waals surface area contributed by atoms with Crippen LogP contribution in [-0.4, -0.2) is 57.6 Å². The molecule has 180 valence electrons. The lowest BCUT2D eigenvalue weighted by atomic mass is 10.1. The summed E-state index contributed by atoms with van der Waals surface area (Å²) in [6.45, 7) is 4.00. The molecule has 0 saturated heterocycles. The van der Waals surface area contributed by atoms with Gasteiger partial charge in [-0.25, -0.2) is 8.42 Å². The molecule has 0 aliphatic heterocycles. The monoisotopic (exact) mass is 475 g/mol. The molecule has 0 aliphatic rings. The molecule has 0 fully saturated rings. The predicted molar refractivity (Wildman–Crippen MR) is 130 cm³/mol. The minimum atomic E-state index is -3.73. The van der Waals surface area contributed by atoms with Gasteiger partial charge in [-0.2, -0.15) is 0 Å². The SMILES string of the molecule is CCCNC(=O)[C@@H](CC)N(Cc1cccc(OC)c1)C(=O)CN(c1ccccc1)S(C)(=O)=O. The van der Waals surface area contributed by atoms with Gasteiger partial charge in [-0.3, -0.25) is 13.9 Å². The van der Waals surface area contributed by atoms with Crippen molar-refractivity contribution in [3.63, 3.8) is 0 Å². The van der Waals surface area contributed by atoms with Crippen LogP contribution >= 0.6 is 0 Å². The molecular weight excluding hydrogens is 442 g/mol. The van der Waals surface area contributed by atoms with Crippen LogP contribution in [0.5, 0.6) is 5.75 Å². The number of carbonyl (C=O) groups is 2. The second-order valence-corrected chi connectivity index (χ2v) is 9.60. The topological polar surface area (TPSA) is 96.0 Å². The lowest BCUT2D eigenvalue weighted by Gasteiger charge is -2.33. The van der Waals surface area contributed by atoms with E-state index in [2.05, 4.69) is 5.32 Å². The van der Waals surface area contributed by atoms with E-state index in [1.165, 1.54) is 4.90 Å². The number of sulfonamides is 1. The van der Waals surface area contributed by atoms with Crippen LogP contribution in [0, 0.1) is 0 Å². The zero-order chi connectivity index (χ0) is 24.4. The Labute approximate surface area is 196 Å². The zero-order valence-electron chi connectivity index (χ0n) is 19.7. The van der Waals surface area contributed by atoms with Crippen molar-refractivity contribution in [1.82, 2.24) is 10.2 Å². The molecule has 0 saturated carbocycles. The van der Waals surface area contributed by atoms with Gasteiger partial charge in [0.25, 0.3) is 0 Å². The van der Waals surface area contributed by atoms with Gasteiger partial charge in [0.2, 0.25) is 21.8 Å². The maximum atomic E-state index is 13.5. The highest BCUT2D eigenvalue weighted by Crippen LogP contribution is 2.20. The number of ether oxygens (including phenoxy) is 1. The molecule has 0 unspecified atom stereocenters. The van der Waals surface area contributed by atoms with E-state index in [-0.39, 0.29) is 12.5 Å². The van der Waals surface area contributed by atoms with Crippen molar-refractivity contribution in [2.45, 2.75) is 39.3 Å². The molecule has 9 heteroatoms. The molecule has 0 bridgehead atoms. The summed E-state index contributed by atoms with van der Waals surface area (Å²) in [6.07, 6.45) is 2.21. The molecule has 0 aromatic heterocycles. The fourth-order valence-electron chi connectivity index (χ4n) is 3.46. The summed E-state index contributed by atoms with van der Waals surface area (Å²) in [4.78, 5) is 27.8. The molecule has 0 heterocycles. The minimum Gasteiger partial charge on any atom is -0.497 e. The van der Waals surface area contributed by atoms with E-state index in [1.54, 1.807) is 49.6 Å². The number of hydrogen-bond acceptors (Lipinski definition) is 5. The number of hydrogen-bond donors (Lipinski definition) is 1. The summed E-state index contributed by atoms with van der Waals surface area (Å²) < 4.78 is 31.4. The maximum absolute atomic E-state index is 13.5. The summed E-state index contributed by atoms with van der Waals surface area (Å²) in [5, 5.41) is 2.85. The number of nitrogens with zero attached hydrogens (tertiary/aromatic N) is 2. The third-order valence-electron chi connectivity index (χ3n) is 5.15. The number of carbonyl (C=O) groups excluding carboxylic acids is 2. The Balaban J connectivity index is 2.41. The number of methoxy groups -OCH3 is 1. The fourth-order valence-corrected chi connectivity index (χ4v) is 4.31. The first-order chi connectivity index (χ1) is 15.7. The van der Waals surface area contributed by atoms with Gasteiger partial charge in [-0.05, 0) is 42.7 Å². The largest absolute Gasteiger partial charge is 0.497 e. The highest BCUT2D eigenvalue weighted by molar-refractivity contribution is 7.92. The zero-order valence-corrected chi connectivity index (χ0v) is 20.5. The summed E-state index contributed by atoms with van der Waals surface area (Å²) >= 11 is 0. The number of anilines is 1. The van der Waals surface area contributed by atoms with Crippen molar-refractivity contribution in [2.75, 3.05) is 30.8 Å². The Morgan fingerprint density at radius 1 is 1.06 bits per heavy atom. The van der Waals surface area contributed by atoms with Crippen molar-refractivity contribution < 1.29 is 22.7 Å². The van der Waals surface area contributed by atoms with Gasteiger partial charge in [-0.1, -0.05) is 44.2 Å². The van der Waals surface area contributed by atoms with Crippen LogP contribution in [0.25, 0.3) is 0 Å². The lowest BCUT2D eigenvalue weighted by molar-refractivity contribution is -0.140. The maximum Gasteiger partial charge on any atom is 0.244 e. The lowest BCUT2D eigenvalue weighted by Crippen LogP contribution is -2.52. The summed E-state index contributed by atoms with van der Waals surface area (Å²) in [5.74, 6) is -0.0998. The minimum absolute atomic E-state index is 0.139. The fraction of sp³-hybridized carbons (Fsp3) is 0.417. The standard InChI is InChI=1S/C24H33N3O5S/c1-5-15-25-24(29)22(6-2)26(17-19-11-10-14-21(16-19)32-3)23(28)18-27(33(4,30)31)20-12-8-7-9-13-20/h7-14,16,22H,5-6,15,17-18H2,1-4H3,(H,25,29)/t22-/m1/s1. The average molecular weight is 476 g/mol. The van der Waals surface area contributed by atoms with Crippen LogP contribution in [0.4, 0.5) is 5.69 Å². The molecule has 2 aromatic carbocycles. The van der Waals surface area contributed by atoms with Crippen LogP contribution in [0.2, 0.25) is 0 Å². The number of nitrogens with one attached hydrogen (secondary N) is 1. The van der Waals surface area contributed by atoms with E-state index in [9.17, 15) is 18.0 Å². The molecule has 2 amide bonds. The molecule has 0 aliphatic carbocycles. The van der Waals surface area contributed by atoms with Gasteiger partial charge in [-0.15, -0.1) is 0 Å². The number of amides is 2. The number of para-hydroxylation sites is 1. The van der Waals surface area contributed by atoms with Crippen molar-refractivity contribution in [3.05, 3.63) is 60.2 Å². The first-order valence-electron chi connectivity index (χ1n) is 10.9. The predicted octanol–water partition coefficient (Wildman–Crippen LogP) is 2.79. The van der Waals surface area contributed by atoms with E-state index in [1.807, 2.05) is 26.0 Å². The molecule has 2 rings (SSSR count). The molecule has 33 heavy (non-hydrogen) atoms. The Bertz CT molecular complexity index is 1030. The molecule has 1 N–H and O–H groups in total. The first-order valence-corrected chi connectivity index (χ1v) is 12.8. The van der Waals surface area contributed by atoms with Crippen LogP contribution in [0.1, 0.15) is 32.3 Å². The Morgan fingerprint density at radius 2 is 1.76 bits per heavy atom. The van der Waals surface area contributed by atoms with Crippen molar-refractivity contribution in [2.24, 2.45) is 0 Å². The van der Waals surface area contributed by atoms with Crippen LogP contribution in [0.3, 0.4) is 0 Å². The first kappa shape index (κ1) is 26.2. The van der Waals surface area contributed by atoms with E-state index in [0.29, 0.717) is 24.4 Å². The average Bonchev–Trinajstić information content (AvgIpc) is 2.80. The third-order valence-corrected chi connectivity index (χ3v) is 6.29. The summed E-state index contributed by atoms with van der Waals surface area (Å²) in [7, 11) is -2.18. The van der Waals surface area contributed by atoms with Gasteiger partial charge >= 0.3 is 0 Å². The van der Waals surface area contributed by atoms with Crippen LogP contribution in [-0.2, 0) is 26.2 Å². The van der Waals surface area contributed by atoms with Gasteiger partial charge in [0.1, 0.15) is 18.3 Å². The van der Waals surface area contributed by atoms with Gasteiger partial charge in [0.05, 0.1) is 19.1 Å². The molecule has 2 aromatic rings. The van der Waals surface area contributed by atoms with E-state index >= 15 is 0 Å². The molecular formula is C24H33N3O5S. The van der Waals surface area contributed by atoms with Crippen molar-refractivity contribution in [1.29, 1.82) is 0 Å². The highest BCUT2D eigenvalue weighted by Gasteiger charge is 2.31. The van der Waals surface area contributed by atoms with Crippen molar-refractivity contribution >= 4 is 27.5 Å². The second-order valence-electron chi connectivity index (χ2n) is 7.69. The van der Waals surface area contributed by atoms with Gasteiger partial charge < -0.3 is 15.0 Å². The van der Waals surface area contributed by atoms with E-state index < -0.39 is 28.5 Å². The van der Waals surface area contributed by atoms with Crippen LogP contribution < -0.4 is 14.4 Å². The Hall–Kier alpha value is -3.07. The van der Waals surface area contributed by atoms with Gasteiger partial charge in [0.15, 0.2) is 0 Å². The normalized spacial score (nSPS) is 12.0. The molecule has 1 atom stereocenters. The molecule has 8 nitrogen and oxygen atoms in total. The molecule has 0 radical (unpaired) electrons. The quantitative estimate of drug-likeness (QED) is 0.509. The Morgan fingerprint density at radius 3 is 2.33 bits per heavy atom. The molecule has 0 spiro atoms. The highest BCUT2D eigenvalue weighted by atomic mass is 32.2. The van der Waals surface area contributed by atoms with Crippen molar-refractivity contribution in [3.8, 4) is 5.75 Å².